The lowest BCUT2D eigenvalue weighted by atomic mass is 9.86. The molecule has 0 saturated heterocycles. The molecule has 0 radical (unpaired) electrons. The van der Waals surface area contributed by atoms with Crippen molar-refractivity contribution in [1.29, 1.82) is 0 Å². The van der Waals surface area contributed by atoms with Gasteiger partial charge in [0.15, 0.2) is 0 Å². The molecule has 7 nitrogen and oxygen atoms in total. The second-order valence-corrected chi connectivity index (χ2v) is 7.57. The van der Waals surface area contributed by atoms with Crippen molar-refractivity contribution in [2.75, 3.05) is 0 Å². The molecule has 2 unspecified atom stereocenters. The molecule has 7 heteroatoms. The van der Waals surface area contributed by atoms with E-state index in [1.54, 1.807) is 6.07 Å². The van der Waals surface area contributed by atoms with Crippen LogP contribution in [-0.4, -0.2) is 32.6 Å². The zero-order chi connectivity index (χ0) is 20.1. The van der Waals surface area contributed by atoms with Crippen LogP contribution in [-0.2, 0) is 16.1 Å². The number of carboxylic acids is 1. The molecule has 28 heavy (non-hydrogen) atoms. The largest absolute Gasteiger partial charge is 0.481 e. The monoisotopic (exact) mass is 385 g/mol. The Balaban J connectivity index is 1.66. The van der Waals surface area contributed by atoms with Crippen molar-refractivity contribution in [2.24, 2.45) is 5.92 Å². The zero-order valence-corrected chi connectivity index (χ0v) is 16.2. The number of nitrogens with one attached hydrogen (secondary N) is 1. The van der Waals surface area contributed by atoms with Crippen LogP contribution >= 0.6 is 0 Å². The fourth-order valence-electron chi connectivity index (χ4n) is 3.95. The van der Waals surface area contributed by atoms with E-state index in [0.717, 1.165) is 31.2 Å². The minimum atomic E-state index is -0.850. The van der Waals surface area contributed by atoms with Gasteiger partial charge in [-0.2, -0.15) is 0 Å². The summed E-state index contributed by atoms with van der Waals surface area (Å²) >= 11 is 0. The van der Waals surface area contributed by atoms with Crippen LogP contribution < -0.4 is 10.9 Å². The number of hydrogen-bond acceptors (Lipinski definition) is 4. The van der Waals surface area contributed by atoms with Gasteiger partial charge < -0.3 is 10.4 Å². The summed E-state index contributed by atoms with van der Waals surface area (Å²) in [5.41, 5.74) is 1.44. The summed E-state index contributed by atoms with van der Waals surface area (Å²) in [6.07, 6.45) is 6.76. The molecular weight excluding hydrogens is 358 g/mol. The molecule has 1 aromatic carbocycles. The molecule has 1 aliphatic carbocycles. The molecule has 2 atom stereocenters. The molecule has 3 rings (SSSR count). The van der Waals surface area contributed by atoms with Gasteiger partial charge in [-0.3, -0.25) is 19.0 Å². The summed E-state index contributed by atoms with van der Waals surface area (Å²) in [6.45, 7) is 2.12. The highest BCUT2D eigenvalue weighted by Crippen LogP contribution is 2.23. The summed E-state index contributed by atoms with van der Waals surface area (Å²) in [4.78, 5) is 41.0. The maximum atomic E-state index is 12.6. The van der Waals surface area contributed by atoms with Gasteiger partial charge in [-0.15, -0.1) is 0 Å². The summed E-state index contributed by atoms with van der Waals surface area (Å²) in [6, 6.07) is 5.11. The van der Waals surface area contributed by atoms with Crippen molar-refractivity contribution in [3.05, 3.63) is 40.4 Å². The maximum Gasteiger partial charge on any atom is 0.308 e. The van der Waals surface area contributed by atoms with Crippen molar-refractivity contribution in [3.8, 4) is 0 Å². The van der Waals surface area contributed by atoms with E-state index in [1.165, 1.54) is 10.9 Å². The van der Waals surface area contributed by atoms with Gasteiger partial charge in [0.05, 0.1) is 23.1 Å². The number of benzene rings is 1. The Morgan fingerprint density at radius 3 is 2.71 bits per heavy atom. The molecule has 1 aromatic heterocycles. The minimum Gasteiger partial charge on any atom is -0.481 e. The summed E-state index contributed by atoms with van der Waals surface area (Å²) in [7, 11) is 0. The second-order valence-electron chi connectivity index (χ2n) is 7.57. The van der Waals surface area contributed by atoms with Gasteiger partial charge in [0.1, 0.15) is 0 Å². The third-order valence-corrected chi connectivity index (χ3v) is 5.56. The molecule has 150 valence electrons. The van der Waals surface area contributed by atoms with Crippen LogP contribution in [0.25, 0.3) is 10.9 Å². The van der Waals surface area contributed by atoms with Crippen molar-refractivity contribution in [1.82, 2.24) is 14.9 Å². The summed E-state index contributed by atoms with van der Waals surface area (Å²) in [5.74, 6) is -1.62. The number of carbonyl (C=O) groups is 2. The van der Waals surface area contributed by atoms with E-state index in [4.69, 9.17) is 0 Å². The van der Waals surface area contributed by atoms with E-state index >= 15 is 0 Å². The molecule has 0 spiro atoms. The van der Waals surface area contributed by atoms with Crippen LogP contribution in [0.4, 0.5) is 0 Å². The van der Waals surface area contributed by atoms with E-state index in [1.807, 2.05) is 19.1 Å². The molecule has 1 aliphatic rings. The first-order valence-corrected chi connectivity index (χ1v) is 9.94. The van der Waals surface area contributed by atoms with Gasteiger partial charge >= 0.3 is 5.97 Å². The zero-order valence-electron chi connectivity index (χ0n) is 16.2. The third kappa shape index (κ3) is 4.58. The van der Waals surface area contributed by atoms with E-state index in [-0.39, 0.29) is 30.5 Å². The van der Waals surface area contributed by atoms with Gasteiger partial charge in [0.25, 0.3) is 5.56 Å². The molecule has 0 bridgehead atoms. The number of nitrogens with zero attached hydrogens (tertiary/aromatic N) is 2. The Morgan fingerprint density at radius 2 is 1.96 bits per heavy atom. The molecule has 2 N–H and O–H groups in total. The first kappa shape index (κ1) is 20.0. The van der Waals surface area contributed by atoms with Crippen LogP contribution in [0.3, 0.4) is 0 Å². The maximum absolute atomic E-state index is 12.6. The lowest BCUT2D eigenvalue weighted by molar-refractivity contribution is -0.143. The lowest BCUT2D eigenvalue weighted by Gasteiger charge is -2.27. The first-order chi connectivity index (χ1) is 13.5. The van der Waals surface area contributed by atoms with Crippen molar-refractivity contribution in [2.45, 2.75) is 64.5 Å². The molecule has 1 fully saturated rings. The van der Waals surface area contributed by atoms with Crippen LogP contribution in [0.1, 0.15) is 50.5 Å². The molecule has 2 aromatic rings. The number of fused-ring (bicyclic) bond motifs is 1. The number of amides is 1. The smallest absolute Gasteiger partial charge is 0.308 e. The Morgan fingerprint density at radius 1 is 1.21 bits per heavy atom. The number of carboxylic acid groups (broad SMARTS) is 1. The average Bonchev–Trinajstić information content (AvgIpc) is 2.64. The number of aliphatic carboxylic acids is 1. The molecule has 0 aliphatic heterocycles. The topological polar surface area (TPSA) is 101 Å². The normalized spacial score (nSPS) is 20.3. The number of aromatic nitrogens is 2. The van der Waals surface area contributed by atoms with Gasteiger partial charge in [-0.25, -0.2) is 4.98 Å². The van der Waals surface area contributed by atoms with Crippen molar-refractivity contribution >= 4 is 22.8 Å². The number of rotatable bonds is 5. The highest BCUT2D eigenvalue weighted by Gasteiger charge is 2.29. The predicted octanol–water partition coefficient (Wildman–Crippen LogP) is 2.63. The SMILES string of the molecule is Cc1cccc2c(=O)n(CCC(=O)NC3CCCCCCC3C(=O)O)cnc12. The van der Waals surface area contributed by atoms with Crippen molar-refractivity contribution < 1.29 is 14.7 Å². The van der Waals surface area contributed by atoms with Crippen LogP contribution in [0.15, 0.2) is 29.3 Å². The van der Waals surface area contributed by atoms with E-state index in [9.17, 15) is 19.5 Å². The Labute approximate surface area is 163 Å². The highest BCUT2D eigenvalue weighted by atomic mass is 16.4. The van der Waals surface area contributed by atoms with Crippen molar-refractivity contribution in [3.63, 3.8) is 0 Å². The van der Waals surface area contributed by atoms with E-state index < -0.39 is 11.9 Å². The summed E-state index contributed by atoms with van der Waals surface area (Å²) < 4.78 is 1.44. The number of hydrogen-bond donors (Lipinski definition) is 2. The third-order valence-electron chi connectivity index (χ3n) is 5.56. The van der Waals surface area contributed by atoms with Crippen LogP contribution in [0, 0.1) is 12.8 Å². The second kappa shape index (κ2) is 8.99. The first-order valence-electron chi connectivity index (χ1n) is 9.94. The highest BCUT2D eigenvalue weighted by molar-refractivity contribution is 5.80. The van der Waals surface area contributed by atoms with Gasteiger partial charge in [0.2, 0.25) is 5.91 Å². The Kier molecular flexibility index (Phi) is 6.44. The fraction of sp³-hybridized carbons (Fsp3) is 0.524. The molecule has 1 heterocycles. The molecule has 1 amide bonds. The lowest BCUT2D eigenvalue weighted by Crippen LogP contribution is -2.44. The van der Waals surface area contributed by atoms with Gasteiger partial charge in [-0.05, 0) is 31.4 Å². The van der Waals surface area contributed by atoms with Gasteiger partial charge in [-0.1, -0.05) is 37.8 Å². The molecule has 1 saturated carbocycles. The Hall–Kier alpha value is -2.70. The summed E-state index contributed by atoms with van der Waals surface area (Å²) in [5, 5.41) is 12.9. The standard InChI is InChI=1S/C21H27N3O4/c1-14-7-6-9-16-19(14)22-13-24(20(16)26)12-11-18(25)23-17-10-5-3-2-4-8-15(17)21(27)28/h6-7,9,13,15,17H,2-5,8,10-12H2,1H3,(H,23,25)(H,27,28). The molecular formula is C21H27N3O4. The van der Waals surface area contributed by atoms with Crippen LogP contribution in [0.2, 0.25) is 0 Å². The quantitative estimate of drug-likeness (QED) is 0.824. The Bertz CT molecular complexity index is 921. The van der Waals surface area contributed by atoms with E-state index in [0.29, 0.717) is 23.7 Å². The number of para-hydroxylation sites is 1. The average molecular weight is 385 g/mol. The fourth-order valence-corrected chi connectivity index (χ4v) is 3.95. The number of aryl methyl sites for hydroxylation is 2. The van der Waals surface area contributed by atoms with Crippen LogP contribution in [0.5, 0.6) is 0 Å². The minimum absolute atomic E-state index is 0.113. The predicted molar refractivity (Wildman–Crippen MR) is 106 cm³/mol. The van der Waals surface area contributed by atoms with E-state index in [2.05, 4.69) is 10.3 Å². The van der Waals surface area contributed by atoms with Gasteiger partial charge in [0, 0.05) is 19.0 Å². The number of carbonyl (C=O) groups excluding carboxylic acids is 1.